The number of hydrogen-bond donors (Lipinski definition) is 2. The zero-order chi connectivity index (χ0) is 30.1. The summed E-state index contributed by atoms with van der Waals surface area (Å²) in [5.41, 5.74) is -3.00. The van der Waals surface area contributed by atoms with Crippen molar-refractivity contribution in [3.05, 3.63) is 74.6 Å². The fourth-order valence-corrected chi connectivity index (χ4v) is 5.78. The van der Waals surface area contributed by atoms with Crippen LogP contribution in [0.15, 0.2) is 52.9 Å². The van der Waals surface area contributed by atoms with Gasteiger partial charge in [0.15, 0.2) is 0 Å². The second-order valence-electron chi connectivity index (χ2n) is 8.40. The third kappa shape index (κ3) is 7.31. The van der Waals surface area contributed by atoms with E-state index in [9.17, 15) is 40.7 Å². The molecule has 7 nitrogen and oxygen atoms in total. The van der Waals surface area contributed by atoms with Crippen LogP contribution in [-0.4, -0.2) is 43.6 Å². The van der Waals surface area contributed by atoms with Crippen LogP contribution in [0.5, 0.6) is 0 Å². The zero-order valence-corrected chi connectivity index (χ0v) is 22.6. The standard InChI is InChI=1S/C25H15F6N3O4S3/c26-24(27,28)14-5-12(6-15(8-14)25(29,30)31)13-7-17(40-11-13)9-19-21(36)34(23(39)41-19)4-3-20(35)33-16-1-2-18(22(37)38)32-10-16/h1-2,5-11H,3-4H2,(H,33,35)(H,37,38)/b19-9-. The summed E-state index contributed by atoms with van der Waals surface area (Å²) >= 11 is 7.18. The van der Waals surface area contributed by atoms with Crippen molar-refractivity contribution in [2.24, 2.45) is 0 Å². The third-order valence-corrected chi connectivity index (χ3v) is 7.77. The van der Waals surface area contributed by atoms with E-state index in [1.807, 2.05) is 0 Å². The number of aromatic nitrogens is 1. The molecule has 1 aliphatic heterocycles. The molecule has 0 unspecified atom stereocenters. The summed E-state index contributed by atoms with van der Waals surface area (Å²) in [7, 11) is 0. The number of alkyl halides is 6. The molecule has 0 radical (unpaired) electrons. The minimum absolute atomic E-state index is 0.0499. The summed E-state index contributed by atoms with van der Waals surface area (Å²) in [6.07, 6.45) is -7.53. The Hall–Kier alpha value is -3.76. The molecule has 0 atom stereocenters. The molecule has 2 aromatic heterocycles. The number of nitrogens with one attached hydrogen (secondary N) is 1. The molecule has 3 heterocycles. The number of nitrogens with zero attached hydrogens (tertiary/aromatic N) is 2. The number of thioether (sulfide) groups is 1. The second kappa shape index (κ2) is 11.6. The molecule has 4 rings (SSSR count). The Balaban J connectivity index is 1.45. The average molecular weight is 632 g/mol. The lowest BCUT2D eigenvalue weighted by Gasteiger charge is -2.14. The third-order valence-electron chi connectivity index (χ3n) is 5.52. The molecular weight excluding hydrogens is 616 g/mol. The summed E-state index contributed by atoms with van der Waals surface area (Å²) in [5.74, 6) is -2.24. The Kier molecular flexibility index (Phi) is 8.56. The molecule has 0 aliphatic carbocycles. The molecule has 2 amide bonds. The van der Waals surface area contributed by atoms with E-state index < -0.39 is 41.3 Å². The highest BCUT2D eigenvalue weighted by molar-refractivity contribution is 8.26. The first kappa shape index (κ1) is 30.2. The molecule has 1 aliphatic rings. The lowest BCUT2D eigenvalue weighted by molar-refractivity contribution is -0.143. The quantitative estimate of drug-likeness (QED) is 0.169. The van der Waals surface area contributed by atoms with Crippen molar-refractivity contribution in [3.8, 4) is 11.1 Å². The number of amides is 2. The number of pyridine rings is 1. The molecule has 1 aromatic carbocycles. The number of carboxylic acid groups (broad SMARTS) is 1. The number of rotatable bonds is 7. The van der Waals surface area contributed by atoms with Crippen LogP contribution < -0.4 is 5.32 Å². The number of carbonyl (C=O) groups excluding carboxylic acids is 2. The van der Waals surface area contributed by atoms with Gasteiger partial charge in [-0.05, 0) is 59.0 Å². The Labute approximate surface area is 240 Å². The number of hydrogen-bond acceptors (Lipinski definition) is 7. The van der Waals surface area contributed by atoms with Gasteiger partial charge < -0.3 is 10.4 Å². The van der Waals surface area contributed by atoms with Gasteiger partial charge in [0.05, 0.1) is 27.9 Å². The Bertz CT molecular complexity index is 1530. The first-order valence-electron chi connectivity index (χ1n) is 11.2. The first-order valence-corrected chi connectivity index (χ1v) is 13.4. The highest BCUT2D eigenvalue weighted by Crippen LogP contribution is 2.40. The first-order chi connectivity index (χ1) is 19.1. The number of aromatic carboxylic acids is 1. The van der Waals surface area contributed by atoms with Crippen LogP contribution in [0.3, 0.4) is 0 Å². The maximum Gasteiger partial charge on any atom is 0.416 e. The number of carbonyl (C=O) groups is 3. The van der Waals surface area contributed by atoms with Crippen molar-refractivity contribution in [2.75, 3.05) is 11.9 Å². The molecule has 16 heteroatoms. The van der Waals surface area contributed by atoms with Crippen molar-refractivity contribution >= 4 is 69.2 Å². The van der Waals surface area contributed by atoms with E-state index >= 15 is 0 Å². The molecule has 0 spiro atoms. The van der Waals surface area contributed by atoms with Gasteiger partial charge >= 0.3 is 18.3 Å². The van der Waals surface area contributed by atoms with Gasteiger partial charge in [-0.2, -0.15) is 26.3 Å². The molecule has 2 N–H and O–H groups in total. The van der Waals surface area contributed by atoms with Gasteiger partial charge in [0.1, 0.15) is 10.0 Å². The van der Waals surface area contributed by atoms with Crippen molar-refractivity contribution in [2.45, 2.75) is 18.8 Å². The lowest BCUT2D eigenvalue weighted by Crippen LogP contribution is -2.31. The molecule has 0 saturated carbocycles. The lowest BCUT2D eigenvalue weighted by atomic mass is 10.0. The van der Waals surface area contributed by atoms with Crippen LogP contribution in [0.25, 0.3) is 17.2 Å². The van der Waals surface area contributed by atoms with Crippen molar-refractivity contribution in [3.63, 3.8) is 0 Å². The van der Waals surface area contributed by atoms with Crippen LogP contribution >= 0.6 is 35.3 Å². The highest BCUT2D eigenvalue weighted by Gasteiger charge is 2.37. The number of carboxylic acids is 1. The predicted octanol–water partition coefficient (Wildman–Crippen LogP) is 6.78. The largest absolute Gasteiger partial charge is 0.477 e. The van der Waals surface area contributed by atoms with Gasteiger partial charge in [0.2, 0.25) is 5.91 Å². The predicted molar refractivity (Wildman–Crippen MR) is 144 cm³/mol. The fraction of sp³-hybridized carbons (Fsp3) is 0.160. The van der Waals surface area contributed by atoms with Gasteiger partial charge in [-0.3, -0.25) is 14.5 Å². The molecule has 214 valence electrons. The van der Waals surface area contributed by atoms with Crippen molar-refractivity contribution < 1.29 is 45.8 Å². The van der Waals surface area contributed by atoms with E-state index in [1.54, 1.807) is 0 Å². The Morgan fingerprint density at radius 2 is 1.68 bits per heavy atom. The zero-order valence-electron chi connectivity index (χ0n) is 20.2. The van der Waals surface area contributed by atoms with Crippen LogP contribution in [0.4, 0.5) is 32.0 Å². The van der Waals surface area contributed by atoms with Crippen LogP contribution in [0.1, 0.15) is 32.9 Å². The van der Waals surface area contributed by atoms with Crippen LogP contribution in [0, 0.1) is 0 Å². The monoisotopic (exact) mass is 631 g/mol. The van der Waals surface area contributed by atoms with Crippen molar-refractivity contribution in [1.82, 2.24) is 9.88 Å². The summed E-state index contributed by atoms with van der Waals surface area (Å²) in [6.45, 7) is -0.0748. The number of thiophene rings is 1. The average Bonchev–Trinajstić information content (AvgIpc) is 3.46. The SMILES string of the molecule is O=C(CCN1C(=O)/C(=C/c2cc(-c3cc(C(F)(F)F)cc(C(F)(F)F)c3)cs2)SC1=S)Nc1ccc(C(=O)O)nc1. The van der Waals surface area contributed by atoms with Gasteiger partial charge in [-0.1, -0.05) is 24.0 Å². The molecular formula is C25H15F6N3O4S3. The molecule has 1 saturated heterocycles. The Morgan fingerprint density at radius 3 is 2.24 bits per heavy atom. The normalized spacial score (nSPS) is 15.1. The van der Waals surface area contributed by atoms with Gasteiger partial charge in [-0.25, -0.2) is 9.78 Å². The maximum atomic E-state index is 13.2. The minimum Gasteiger partial charge on any atom is -0.477 e. The van der Waals surface area contributed by atoms with Gasteiger partial charge in [0.25, 0.3) is 5.91 Å². The maximum absolute atomic E-state index is 13.2. The fourth-order valence-electron chi connectivity index (χ4n) is 3.55. The number of halogens is 6. The van der Waals surface area contributed by atoms with E-state index in [1.165, 1.54) is 40.8 Å². The molecule has 0 bridgehead atoms. The minimum atomic E-state index is -4.98. The molecule has 3 aromatic rings. The Morgan fingerprint density at radius 1 is 1.02 bits per heavy atom. The van der Waals surface area contributed by atoms with Crippen molar-refractivity contribution in [1.29, 1.82) is 0 Å². The second-order valence-corrected chi connectivity index (χ2v) is 11.0. The summed E-state index contributed by atoms with van der Waals surface area (Å²) in [5, 5.41) is 12.8. The smallest absolute Gasteiger partial charge is 0.416 e. The van der Waals surface area contributed by atoms with E-state index in [4.69, 9.17) is 17.3 Å². The van der Waals surface area contributed by atoms with E-state index in [-0.39, 0.29) is 50.8 Å². The summed E-state index contributed by atoms with van der Waals surface area (Å²) in [4.78, 5) is 41.5. The summed E-state index contributed by atoms with van der Waals surface area (Å²) in [6, 6.07) is 5.24. The van der Waals surface area contributed by atoms with E-state index in [0.29, 0.717) is 17.0 Å². The number of benzene rings is 1. The van der Waals surface area contributed by atoms with E-state index in [2.05, 4.69) is 10.3 Å². The van der Waals surface area contributed by atoms with Crippen LogP contribution in [0.2, 0.25) is 0 Å². The highest BCUT2D eigenvalue weighted by atomic mass is 32.2. The van der Waals surface area contributed by atoms with Crippen LogP contribution in [-0.2, 0) is 21.9 Å². The van der Waals surface area contributed by atoms with E-state index in [0.717, 1.165) is 23.1 Å². The van der Waals surface area contributed by atoms with Gasteiger partial charge in [0, 0.05) is 17.8 Å². The topological polar surface area (TPSA) is 99.6 Å². The van der Waals surface area contributed by atoms with Gasteiger partial charge in [-0.15, -0.1) is 11.3 Å². The molecule has 41 heavy (non-hydrogen) atoms. The number of thiocarbonyl (C=S) groups is 1. The molecule has 1 fully saturated rings. The summed E-state index contributed by atoms with van der Waals surface area (Å²) < 4.78 is 79.5. The number of anilines is 1.